The van der Waals surface area contributed by atoms with E-state index in [-0.39, 0.29) is 11.9 Å². The predicted molar refractivity (Wildman–Crippen MR) is 76.9 cm³/mol. The summed E-state index contributed by atoms with van der Waals surface area (Å²) in [7, 11) is 1.64. The van der Waals surface area contributed by atoms with Gasteiger partial charge >= 0.3 is 0 Å². The summed E-state index contributed by atoms with van der Waals surface area (Å²) in [4.78, 5) is 13.3. The van der Waals surface area contributed by atoms with Crippen molar-refractivity contribution < 1.29 is 14.3 Å². The van der Waals surface area contributed by atoms with Gasteiger partial charge in [0, 0.05) is 19.0 Å². The second-order valence-electron chi connectivity index (χ2n) is 5.03. The Bertz CT molecular complexity index is 433. The molecule has 2 N–H and O–H groups in total. The number of likely N-dealkylation sites (tertiary alicyclic amines) is 1. The van der Waals surface area contributed by atoms with E-state index in [1.807, 2.05) is 24.3 Å². The van der Waals surface area contributed by atoms with Gasteiger partial charge in [-0.3, -0.25) is 9.69 Å². The van der Waals surface area contributed by atoms with Crippen molar-refractivity contribution in [2.75, 3.05) is 26.8 Å². The fourth-order valence-electron chi connectivity index (χ4n) is 2.61. The van der Waals surface area contributed by atoms with Crippen molar-refractivity contribution in [3.8, 4) is 11.5 Å². The third-order valence-electron chi connectivity index (χ3n) is 3.64. The van der Waals surface area contributed by atoms with Crippen LogP contribution in [0.4, 0.5) is 0 Å². The zero-order valence-corrected chi connectivity index (χ0v) is 11.9. The second kappa shape index (κ2) is 7.14. The van der Waals surface area contributed by atoms with Crippen LogP contribution in [-0.4, -0.2) is 43.7 Å². The molecule has 1 aromatic carbocycles. The van der Waals surface area contributed by atoms with Crippen LogP contribution in [0.25, 0.3) is 0 Å². The third-order valence-corrected chi connectivity index (χ3v) is 3.64. The van der Waals surface area contributed by atoms with Gasteiger partial charge in [-0.2, -0.15) is 0 Å². The van der Waals surface area contributed by atoms with Crippen LogP contribution in [-0.2, 0) is 4.79 Å². The molecule has 20 heavy (non-hydrogen) atoms. The molecule has 1 saturated heterocycles. The Hall–Kier alpha value is -1.75. The lowest BCUT2D eigenvalue weighted by Crippen LogP contribution is -2.36. The van der Waals surface area contributed by atoms with Gasteiger partial charge in [0.1, 0.15) is 18.1 Å². The maximum atomic E-state index is 11.0. The maximum Gasteiger partial charge on any atom is 0.218 e. The van der Waals surface area contributed by atoms with Gasteiger partial charge in [0.05, 0.1) is 7.11 Å². The van der Waals surface area contributed by atoms with Gasteiger partial charge in [-0.25, -0.2) is 0 Å². The SMILES string of the molecule is COc1ccc(OCCN2CCC[C@@H]2CC(N)=O)cc1. The minimum atomic E-state index is -0.224. The van der Waals surface area contributed by atoms with Crippen LogP contribution in [0.15, 0.2) is 24.3 Å². The highest BCUT2D eigenvalue weighted by Crippen LogP contribution is 2.20. The molecular weight excluding hydrogens is 256 g/mol. The molecule has 5 nitrogen and oxygen atoms in total. The number of hydrogen-bond donors (Lipinski definition) is 1. The molecule has 0 aliphatic carbocycles. The molecule has 1 amide bonds. The summed E-state index contributed by atoms with van der Waals surface area (Å²) in [6.07, 6.45) is 2.62. The van der Waals surface area contributed by atoms with E-state index in [2.05, 4.69) is 4.90 Å². The molecule has 0 unspecified atom stereocenters. The minimum Gasteiger partial charge on any atom is -0.497 e. The molecule has 0 radical (unpaired) electrons. The number of nitrogens with two attached hydrogens (primary N) is 1. The number of amides is 1. The van der Waals surface area contributed by atoms with Gasteiger partial charge in [0.2, 0.25) is 5.91 Å². The molecule has 0 saturated carbocycles. The Labute approximate surface area is 119 Å². The molecule has 2 rings (SSSR count). The molecule has 0 spiro atoms. The quantitative estimate of drug-likeness (QED) is 0.819. The Morgan fingerprint density at radius 1 is 1.35 bits per heavy atom. The fraction of sp³-hybridized carbons (Fsp3) is 0.533. The van der Waals surface area contributed by atoms with Crippen LogP contribution >= 0.6 is 0 Å². The highest BCUT2D eigenvalue weighted by molar-refractivity contribution is 5.74. The number of methoxy groups -OCH3 is 1. The molecule has 0 bridgehead atoms. The molecule has 0 aromatic heterocycles. The molecular formula is C15H22N2O3. The van der Waals surface area contributed by atoms with E-state index in [4.69, 9.17) is 15.2 Å². The van der Waals surface area contributed by atoms with E-state index < -0.39 is 0 Å². The number of carbonyl (C=O) groups excluding carboxylic acids is 1. The number of ether oxygens (including phenoxy) is 2. The number of nitrogens with zero attached hydrogens (tertiary/aromatic N) is 1. The number of primary amides is 1. The standard InChI is InChI=1S/C15H22N2O3/c1-19-13-4-6-14(7-5-13)20-10-9-17-8-2-3-12(17)11-15(16)18/h4-7,12H,2-3,8-11H2,1H3,(H2,16,18)/t12-/m1/s1. The molecule has 1 atom stereocenters. The number of hydrogen-bond acceptors (Lipinski definition) is 4. The van der Waals surface area contributed by atoms with Gasteiger partial charge in [0.25, 0.3) is 0 Å². The molecule has 5 heteroatoms. The summed E-state index contributed by atoms with van der Waals surface area (Å²) in [6, 6.07) is 7.82. The van der Waals surface area contributed by atoms with Crippen molar-refractivity contribution >= 4 is 5.91 Å². The smallest absolute Gasteiger partial charge is 0.218 e. The highest BCUT2D eigenvalue weighted by atomic mass is 16.5. The van der Waals surface area contributed by atoms with Crippen LogP contribution < -0.4 is 15.2 Å². The van der Waals surface area contributed by atoms with Crippen LogP contribution in [0, 0.1) is 0 Å². The van der Waals surface area contributed by atoms with Crippen LogP contribution in [0.2, 0.25) is 0 Å². The van der Waals surface area contributed by atoms with E-state index in [9.17, 15) is 4.79 Å². The van der Waals surface area contributed by atoms with Crippen LogP contribution in [0.3, 0.4) is 0 Å². The fourth-order valence-corrected chi connectivity index (χ4v) is 2.61. The third kappa shape index (κ3) is 4.13. The summed E-state index contributed by atoms with van der Waals surface area (Å²) in [5.41, 5.74) is 5.27. The lowest BCUT2D eigenvalue weighted by molar-refractivity contribution is -0.119. The Kier molecular flexibility index (Phi) is 5.24. The Morgan fingerprint density at radius 3 is 2.70 bits per heavy atom. The Balaban J connectivity index is 1.75. The first kappa shape index (κ1) is 14.7. The molecule has 1 fully saturated rings. The second-order valence-corrected chi connectivity index (χ2v) is 5.03. The van der Waals surface area contributed by atoms with E-state index in [1.165, 1.54) is 0 Å². The van der Waals surface area contributed by atoms with Gasteiger partial charge < -0.3 is 15.2 Å². The largest absolute Gasteiger partial charge is 0.497 e. The van der Waals surface area contributed by atoms with E-state index in [0.29, 0.717) is 13.0 Å². The molecule has 1 aliphatic heterocycles. The molecule has 1 aliphatic rings. The van der Waals surface area contributed by atoms with Crippen molar-refractivity contribution in [3.05, 3.63) is 24.3 Å². The average molecular weight is 278 g/mol. The molecule has 110 valence electrons. The van der Waals surface area contributed by atoms with Crippen molar-refractivity contribution in [2.24, 2.45) is 5.73 Å². The number of carbonyl (C=O) groups is 1. The lowest BCUT2D eigenvalue weighted by Gasteiger charge is -2.23. The first-order valence-corrected chi connectivity index (χ1v) is 6.98. The van der Waals surface area contributed by atoms with Gasteiger partial charge in [-0.05, 0) is 43.7 Å². The van der Waals surface area contributed by atoms with E-state index >= 15 is 0 Å². The van der Waals surface area contributed by atoms with Gasteiger partial charge in [0.15, 0.2) is 0 Å². The Morgan fingerprint density at radius 2 is 2.05 bits per heavy atom. The van der Waals surface area contributed by atoms with E-state index in [0.717, 1.165) is 37.4 Å². The van der Waals surface area contributed by atoms with Crippen LogP contribution in [0.1, 0.15) is 19.3 Å². The van der Waals surface area contributed by atoms with Gasteiger partial charge in [-0.1, -0.05) is 0 Å². The van der Waals surface area contributed by atoms with Gasteiger partial charge in [-0.15, -0.1) is 0 Å². The zero-order valence-electron chi connectivity index (χ0n) is 11.9. The minimum absolute atomic E-state index is 0.224. The number of rotatable bonds is 7. The normalized spacial score (nSPS) is 18.9. The first-order chi connectivity index (χ1) is 9.69. The average Bonchev–Trinajstić information content (AvgIpc) is 2.86. The lowest BCUT2D eigenvalue weighted by atomic mass is 10.1. The predicted octanol–water partition coefficient (Wildman–Crippen LogP) is 1.41. The zero-order chi connectivity index (χ0) is 14.4. The summed E-state index contributed by atoms with van der Waals surface area (Å²) >= 11 is 0. The van der Waals surface area contributed by atoms with Crippen molar-refractivity contribution in [3.63, 3.8) is 0 Å². The first-order valence-electron chi connectivity index (χ1n) is 6.98. The van der Waals surface area contributed by atoms with Crippen molar-refractivity contribution in [1.29, 1.82) is 0 Å². The summed E-state index contributed by atoms with van der Waals surface area (Å²) < 4.78 is 10.8. The topological polar surface area (TPSA) is 64.8 Å². The summed E-state index contributed by atoms with van der Waals surface area (Å²) in [6.45, 7) is 2.45. The monoisotopic (exact) mass is 278 g/mol. The summed E-state index contributed by atoms with van der Waals surface area (Å²) in [5.74, 6) is 1.42. The van der Waals surface area contributed by atoms with Crippen molar-refractivity contribution in [2.45, 2.75) is 25.3 Å². The highest BCUT2D eigenvalue weighted by Gasteiger charge is 2.25. The van der Waals surface area contributed by atoms with Crippen molar-refractivity contribution in [1.82, 2.24) is 4.90 Å². The number of benzene rings is 1. The van der Waals surface area contributed by atoms with Crippen LogP contribution in [0.5, 0.6) is 11.5 Å². The maximum absolute atomic E-state index is 11.0. The summed E-state index contributed by atoms with van der Waals surface area (Å²) in [5, 5.41) is 0. The van der Waals surface area contributed by atoms with E-state index in [1.54, 1.807) is 7.11 Å². The molecule has 1 heterocycles. The molecule has 1 aromatic rings.